The number of nitrogens with one attached hydrogen (secondary N) is 1. The summed E-state index contributed by atoms with van der Waals surface area (Å²) in [5.74, 6) is 6.31. The van der Waals surface area contributed by atoms with Crippen molar-refractivity contribution in [2.24, 2.45) is 0 Å². The lowest BCUT2D eigenvalue weighted by Crippen LogP contribution is -2.31. The largest absolute Gasteiger partial charge is 0.326 e. The highest BCUT2D eigenvalue weighted by molar-refractivity contribution is 9.10. The molecule has 0 aliphatic heterocycles. The van der Waals surface area contributed by atoms with Crippen LogP contribution in [0.1, 0.15) is 11.1 Å². The lowest BCUT2D eigenvalue weighted by atomic mass is 10.1. The minimum absolute atomic E-state index is 0.221. The second kappa shape index (κ2) is 8.37. The van der Waals surface area contributed by atoms with Gasteiger partial charge in [0.1, 0.15) is 0 Å². The molecule has 0 unspecified atom stereocenters. The lowest BCUT2D eigenvalue weighted by molar-refractivity contribution is 0.258. The first kappa shape index (κ1) is 17.8. The molecule has 3 aromatic carbocycles. The number of nitrogens with zero attached hydrogens (tertiary/aromatic N) is 1. The van der Waals surface area contributed by atoms with Crippen molar-refractivity contribution < 1.29 is 4.79 Å². The van der Waals surface area contributed by atoms with Gasteiger partial charge in [-0.25, -0.2) is 4.79 Å². The normalized spacial score (nSPS) is 9.77. The monoisotopic (exact) mass is 404 g/mol. The Kier molecular flexibility index (Phi) is 5.73. The first-order chi connectivity index (χ1) is 12.6. The Bertz CT molecular complexity index is 960. The minimum Gasteiger partial charge on any atom is -0.308 e. The maximum absolute atomic E-state index is 12.6. The van der Waals surface area contributed by atoms with Gasteiger partial charge in [0.15, 0.2) is 0 Å². The van der Waals surface area contributed by atoms with Crippen LogP contribution in [0.4, 0.5) is 16.2 Å². The van der Waals surface area contributed by atoms with Crippen molar-refractivity contribution >= 4 is 33.3 Å². The highest BCUT2D eigenvalue weighted by Gasteiger charge is 2.14. The van der Waals surface area contributed by atoms with Gasteiger partial charge in [0, 0.05) is 28.3 Å². The van der Waals surface area contributed by atoms with Crippen LogP contribution in [0.2, 0.25) is 0 Å². The van der Waals surface area contributed by atoms with E-state index in [4.69, 9.17) is 0 Å². The number of halogens is 1. The summed E-state index contributed by atoms with van der Waals surface area (Å²) in [6.45, 7) is 0. The molecular formula is C22H17BrN2O. The topological polar surface area (TPSA) is 32.3 Å². The Morgan fingerprint density at radius 2 is 1.58 bits per heavy atom. The van der Waals surface area contributed by atoms with Crippen molar-refractivity contribution in [3.63, 3.8) is 0 Å². The molecule has 2 amide bonds. The minimum atomic E-state index is -0.221. The quantitative estimate of drug-likeness (QED) is 0.560. The molecule has 0 heterocycles. The summed E-state index contributed by atoms with van der Waals surface area (Å²) in [5, 5.41) is 2.88. The van der Waals surface area contributed by atoms with E-state index in [0.717, 1.165) is 27.0 Å². The van der Waals surface area contributed by atoms with Gasteiger partial charge >= 0.3 is 6.03 Å². The van der Waals surface area contributed by atoms with Crippen LogP contribution in [-0.2, 0) is 0 Å². The molecule has 0 atom stereocenters. The van der Waals surface area contributed by atoms with Crippen molar-refractivity contribution in [2.45, 2.75) is 0 Å². The van der Waals surface area contributed by atoms with Gasteiger partial charge in [-0.1, -0.05) is 64.2 Å². The summed E-state index contributed by atoms with van der Waals surface area (Å²) in [4.78, 5) is 14.1. The fraction of sp³-hybridized carbons (Fsp3) is 0.0455. The van der Waals surface area contributed by atoms with Gasteiger partial charge in [-0.2, -0.15) is 0 Å². The average Bonchev–Trinajstić information content (AvgIpc) is 2.67. The fourth-order valence-corrected chi connectivity index (χ4v) is 2.76. The number of benzene rings is 3. The van der Waals surface area contributed by atoms with Crippen LogP contribution < -0.4 is 10.2 Å². The number of carbonyl (C=O) groups is 1. The standard InChI is InChI=1S/C22H17BrN2O/c1-25(22(26)24-20-10-6-3-7-11-20)21-15-14-19(23)16-18(21)13-12-17-8-4-2-5-9-17/h2-11,14-16H,1H3,(H,24,26). The number of rotatable bonds is 2. The van der Waals surface area contributed by atoms with Crippen LogP contribution in [0.3, 0.4) is 0 Å². The Morgan fingerprint density at radius 1 is 0.923 bits per heavy atom. The summed E-state index contributed by atoms with van der Waals surface area (Å²) < 4.78 is 0.912. The van der Waals surface area contributed by atoms with E-state index in [9.17, 15) is 4.79 Å². The Morgan fingerprint density at radius 3 is 2.27 bits per heavy atom. The van der Waals surface area contributed by atoms with Crippen molar-refractivity contribution in [1.82, 2.24) is 0 Å². The SMILES string of the molecule is CN(C(=O)Nc1ccccc1)c1ccc(Br)cc1C#Cc1ccccc1. The molecule has 0 aliphatic carbocycles. The molecule has 0 bridgehead atoms. The van der Waals surface area contributed by atoms with Gasteiger partial charge in [0.25, 0.3) is 0 Å². The highest BCUT2D eigenvalue weighted by Crippen LogP contribution is 2.24. The maximum Gasteiger partial charge on any atom is 0.326 e. The highest BCUT2D eigenvalue weighted by atomic mass is 79.9. The van der Waals surface area contributed by atoms with Crippen molar-refractivity contribution in [3.05, 3.63) is 94.5 Å². The predicted molar refractivity (Wildman–Crippen MR) is 110 cm³/mol. The van der Waals surface area contributed by atoms with Crippen LogP contribution >= 0.6 is 15.9 Å². The molecule has 1 N–H and O–H groups in total. The summed E-state index contributed by atoms with van der Waals surface area (Å²) in [7, 11) is 1.73. The molecule has 0 spiro atoms. The first-order valence-electron chi connectivity index (χ1n) is 8.10. The number of hydrogen-bond acceptors (Lipinski definition) is 1. The summed E-state index contributed by atoms with van der Waals surface area (Å²) >= 11 is 3.48. The van der Waals surface area contributed by atoms with Crippen molar-refractivity contribution in [1.29, 1.82) is 0 Å². The number of amides is 2. The van der Waals surface area contributed by atoms with Gasteiger partial charge in [-0.15, -0.1) is 0 Å². The van der Waals surface area contributed by atoms with E-state index in [1.807, 2.05) is 78.9 Å². The third kappa shape index (κ3) is 4.53. The second-order valence-corrected chi connectivity index (χ2v) is 6.55. The zero-order valence-corrected chi connectivity index (χ0v) is 15.8. The number of hydrogen-bond donors (Lipinski definition) is 1. The van der Waals surface area contributed by atoms with E-state index < -0.39 is 0 Å². The Labute approximate surface area is 161 Å². The van der Waals surface area contributed by atoms with Crippen LogP contribution in [0, 0.1) is 11.8 Å². The molecule has 3 rings (SSSR count). The smallest absolute Gasteiger partial charge is 0.308 e. The van der Waals surface area contributed by atoms with Crippen molar-refractivity contribution in [3.8, 4) is 11.8 Å². The number of urea groups is 1. The molecule has 3 aromatic rings. The van der Waals surface area contributed by atoms with E-state index in [1.165, 1.54) is 0 Å². The van der Waals surface area contributed by atoms with Gasteiger partial charge in [-0.3, -0.25) is 4.90 Å². The van der Waals surface area contributed by atoms with Gasteiger partial charge < -0.3 is 5.32 Å². The molecule has 0 fully saturated rings. The zero-order valence-electron chi connectivity index (χ0n) is 14.2. The molecule has 3 nitrogen and oxygen atoms in total. The summed E-state index contributed by atoms with van der Waals surface area (Å²) in [5.41, 5.74) is 3.19. The van der Waals surface area contributed by atoms with E-state index in [1.54, 1.807) is 11.9 Å². The zero-order chi connectivity index (χ0) is 18.4. The van der Waals surface area contributed by atoms with Crippen LogP contribution in [0.5, 0.6) is 0 Å². The predicted octanol–water partition coefficient (Wildman–Crippen LogP) is 5.52. The van der Waals surface area contributed by atoms with E-state index in [0.29, 0.717) is 0 Å². The molecule has 0 aliphatic rings. The van der Waals surface area contributed by atoms with Crippen LogP contribution in [-0.4, -0.2) is 13.1 Å². The molecule has 4 heteroatoms. The molecule has 26 heavy (non-hydrogen) atoms. The average molecular weight is 405 g/mol. The lowest BCUT2D eigenvalue weighted by Gasteiger charge is -2.20. The van der Waals surface area contributed by atoms with Gasteiger partial charge in [0.05, 0.1) is 5.69 Å². The van der Waals surface area contributed by atoms with E-state index in [-0.39, 0.29) is 6.03 Å². The second-order valence-electron chi connectivity index (χ2n) is 5.63. The van der Waals surface area contributed by atoms with Gasteiger partial charge in [0.2, 0.25) is 0 Å². The van der Waals surface area contributed by atoms with Gasteiger partial charge in [-0.05, 0) is 42.5 Å². The third-order valence-corrected chi connectivity index (χ3v) is 4.26. The first-order valence-corrected chi connectivity index (χ1v) is 8.89. The Balaban J connectivity index is 1.87. The molecule has 0 radical (unpaired) electrons. The molecular weight excluding hydrogens is 388 g/mol. The maximum atomic E-state index is 12.6. The molecule has 0 saturated carbocycles. The summed E-state index contributed by atoms with van der Waals surface area (Å²) in [6.07, 6.45) is 0. The van der Waals surface area contributed by atoms with Crippen LogP contribution in [0.25, 0.3) is 0 Å². The molecule has 128 valence electrons. The van der Waals surface area contributed by atoms with Crippen LogP contribution in [0.15, 0.2) is 83.3 Å². The van der Waals surface area contributed by atoms with E-state index in [2.05, 4.69) is 33.1 Å². The van der Waals surface area contributed by atoms with Crippen molar-refractivity contribution in [2.75, 3.05) is 17.3 Å². The number of carbonyl (C=O) groups excluding carboxylic acids is 1. The summed E-state index contributed by atoms with van der Waals surface area (Å²) in [6, 6.07) is 24.6. The number of para-hydroxylation sites is 1. The molecule has 0 aromatic heterocycles. The number of anilines is 2. The third-order valence-electron chi connectivity index (χ3n) is 3.76. The molecule has 0 saturated heterocycles. The Hall–Kier alpha value is -3.03. The fourth-order valence-electron chi connectivity index (χ4n) is 2.40. The van der Waals surface area contributed by atoms with E-state index >= 15 is 0 Å².